The lowest BCUT2D eigenvalue weighted by molar-refractivity contribution is -0.0258. The molecule has 2 nitrogen and oxygen atoms in total. The molecule has 0 aliphatic heterocycles. The predicted octanol–water partition coefficient (Wildman–Crippen LogP) is 3.75. The lowest BCUT2D eigenvalue weighted by atomic mass is 9.89. The van der Waals surface area contributed by atoms with Gasteiger partial charge in [-0.05, 0) is 51.5 Å². The molecule has 1 aliphatic rings. The molecule has 0 amide bonds. The molecule has 2 heteroatoms. The zero-order chi connectivity index (χ0) is 12.5. The topological polar surface area (TPSA) is 21.3 Å². The summed E-state index contributed by atoms with van der Waals surface area (Å²) in [5.41, 5.74) is 0. The van der Waals surface area contributed by atoms with E-state index in [4.69, 9.17) is 4.74 Å². The normalized spacial score (nSPS) is 27.0. The van der Waals surface area contributed by atoms with Crippen molar-refractivity contribution in [3.05, 3.63) is 0 Å². The molecule has 1 fully saturated rings. The quantitative estimate of drug-likeness (QED) is 0.653. The fourth-order valence-electron chi connectivity index (χ4n) is 2.55. The van der Waals surface area contributed by atoms with E-state index >= 15 is 0 Å². The third kappa shape index (κ3) is 7.05. The monoisotopic (exact) mass is 241 g/mol. The minimum Gasteiger partial charge on any atom is -0.374 e. The molecule has 102 valence electrons. The highest BCUT2D eigenvalue weighted by molar-refractivity contribution is 4.71. The van der Waals surface area contributed by atoms with Gasteiger partial charge in [-0.1, -0.05) is 26.7 Å². The molecule has 0 spiro atoms. The van der Waals surface area contributed by atoms with Gasteiger partial charge in [0.15, 0.2) is 0 Å². The highest BCUT2D eigenvalue weighted by atomic mass is 16.5. The van der Waals surface area contributed by atoms with Gasteiger partial charge in [0.05, 0.1) is 12.2 Å². The van der Waals surface area contributed by atoms with E-state index < -0.39 is 0 Å². The van der Waals surface area contributed by atoms with Crippen LogP contribution >= 0.6 is 0 Å². The summed E-state index contributed by atoms with van der Waals surface area (Å²) < 4.78 is 6.08. The maximum absolute atomic E-state index is 6.08. The van der Waals surface area contributed by atoms with Crippen molar-refractivity contribution in [2.24, 2.45) is 5.92 Å². The predicted molar refractivity (Wildman–Crippen MR) is 74.4 cm³/mol. The van der Waals surface area contributed by atoms with E-state index in [1.165, 1.54) is 44.9 Å². The van der Waals surface area contributed by atoms with Crippen LogP contribution in [0.15, 0.2) is 0 Å². The first-order valence-electron chi connectivity index (χ1n) is 7.58. The van der Waals surface area contributed by atoms with Crippen LogP contribution in [-0.4, -0.2) is 25.3 Å². The summed E-state index contributed by atoms with van der Waals surface area (Å²) >= 11 is 0. The van der Waals surface area contributed by atoms with Crippen molar-refractivity contribution in [2.45, 2.75) is 77.9 Å². The van der Waals surface area contributed by atoms with Crippen LogP contribution < -0.4 is 5.32 Å². The molecule has 17 heavy (non-hydrogen) atoms. The lowest BCUT2D eigenvalue weighted by Crippen LogP contribution is -2.32. The molecular formula is C15H31NO. The van der Waals surface area contributed by atoms with Crippen molar-refractivity contribution in [3.63, 3.8) is 0 Å². The Kier molecular flexibility index (Phi) is 7.87. The second-order valence-corrected chi connectivity index (χ2v) is 5.74. The first-order valence-corrected chi connectivity index (χ1v) is 7.58. The van der Waals surface area contributed by atoms with E-state index in [2.05, 4.69) is 26.1 Å². The van der Waals surface area contributed by atoms with Gasteiger partial charge in [0, 0.05) is 6.54 Å². The lowest BCUT2D eigenvalue weighted by Gasteiger charge is -2.29. The van der Waals surface area contributed by atoms with Crippen molar-refractivity contribution >= 4 is 0 Å². The van der Waals surface area contributed by atoms with Crippen molar-refractivity contribution in [3.8, 4) is 0 Å². The van der Waals surface area contributed by atoms with Crippen LogP contribution in [0.4, 0.5) is 0 Å². The SMILES string of the molecule is CCCCCNCC(C)OC1CCC(C)CC1. The molecular weight excluding hydrogens is 210 g/mol. The van der Waals surface area contributed by atoms with E-state index in [0.29, 0.717) is 12.2 Å². The van der Waals surface area contributed by atoms with Crippen molar-refractivity contribution in [2.75, 3.05) is 13.1 Å². The fourth-order valence-corrected chi connectivity index (χ4v) is 2.55. The second-order valence-electron chi connectivity index (χ2n) is 5.74. The largest absolute Gasteiger partial charge is 0.374 e. The molecule has 1 aliphatic carbocycles. The van der Waals surface area contributed by atoms with Gasteiger partial charge < -0.3 is 10.1 Å². The molecule has 1 N–H and O–H groups in total. The van der Waals surface area contributed by atoms with Gasteiger partial charge in [-0.2, -0.15) is 0 Å². The van der Waals surface area contributed by atoms with Gasteiger partial charge in [0.2, 0.25) is 0 Å². The van der Waals surface area contributed by atoms with Crippen LogP contribution in [0, 0.1) is 5.92 Å². The summed E-state index contributed by atoms with van der Waals surface area (Å²) in [6.07, 6.45) is 10.1. The van der Waals surface area contributed by atoms with Crippen LogP contribution in [0.5, 0.6) is 0 Å². The summed E-state index contributed by atoms with van der Waals surface area (Å²) in [6, 6.07) is 0. The van der Waals surface area contributed by atoms with Crippen LogP contribution in [0.3, 0.4) is 0 Å². The average Bonchev–Trinajstić information content (AvgIpc) is 2.32. The average molecular weight is 241 g/mol. The summed E-state index contributed by atoms with van der Waals surface area (Å²) in [5.74, 6) is 0.914. The van der Waals surface area contributed by atoms with Crippen LogP contribution in [-0.2, 0) is 4.74 Å². The highest BCUT2D eigenvalue weighted by Crippen LogP contribution is 2.26. The first-order chi connectivity index (χ1) is 8.22. The Balaban J connectivity index is 1.98. The van der Waals surface area contributed by atoms with E-state index in [1.807, 2.05) is 0 Å². The number of rotatable bonds is 8. The van der Waals surface area contributed by atoms with Gasteiger partial charge in [0.1, 0.15) is 0 Å². The minimum absolute atomic E-state index is 0.370. The maximum Gasteiger partial charge on any atom is 0.0675 e. The first kappa shape index (κ1) is 15.0. The Morgan fingerprint density at radius 3 is 2.53 bits per heavy atom. The summed E-state index contributed by atoms with van der Waals surface area (Å²) in [4.78, 5) is 0. The van der Waals surface area contributed by atoms with Gasteiger partial charge in [-0.25, -0.2) is 0 Å². The van der Waals surface area contributed by atoms with E-state index in [-0.39, 0.29) is 0 Å². The Morgan fingerprint density at radius 2 is 1.88 bits per heavy atom. The van der Waals surface area contributed by atoms with E-state index in [9.17, 15) is 0 Å². The summed E-state index contributed by atoms with van der Waals surface area (Å²) in [7, 11) is 0. The standard InChI is InChI=1S/C15H31NO/c1-4-5-6-11-16-12-14(3)17-15-9-7-13(2)8-10-15/h13-16H,4-12H2,1-3H3. The Labute approximate surface area is 108 Å². The van der Waals surface area contributed by atoms with E-state index in [1.54, 1.807) is 0 Å². The minimum atomic E-state index is 0.370. The molecule has 0 aromatic carbocycles. The zero-order valence-corrected chi connectivity index (χ0v) is 12.0. The summed E-state index contributed by atoms with van der Waals surface area (Å²) in [5, 5.41) is 3.49. The third-order valence-corrected chi connectivity index (χ3v) is 3.78. The highest BCUT2D eigenvalue weighted by Gasteiger charge is 2.20. The number of ether oxygens (including phenoxy) is 1. The van der Waals surface area contributed by atoms with Gasteiger partial charge in [-0.3, -0.25) is 0 Å². The molecule has 1 rings (SSSR count). The molecule has 0 aromatic rings. The number of hydrogen-bond donors (Lipinski definition) is 1. The van der Waals surface area contributed by atoms with Gasteiger partial charge >= 0.3 is 0 Å². The van der Waals surface area contributed by atoms with Gasteiger partial charge in [0.25, 0.3) is 0 Å². The molecule has 0 heterocycles. The molecule has 1 saturated carbocycles. The van der Waals surface area contributed by atoms with Crippen molar-refractivity contribution < 1.29 is 4.74 Å². The maximum atomic E-state index is 6.08. The zero-order valence-electron chi connectivity index (χ0n) is 12.0. The number of nitrogens with one attached hydrogen (secondary N) is 1. The Bertz CT molecular complexity index is 176. The van der Waals surface area contributed by atoms with Crippen LogP contribution in [0.1, 0.15) is 65.7 Å². The molecule has 1 unspecified atom stereocenters. The molecule has 0 aromatic heterocycles. The molecule has 0 bridgehead atoms. The number of hydrogen-bond acceptors (Lipinski definition) is 2. The van der Waals surface area contributed by atoms with Crippen LogP contribution in [0.25, 0.3) is 0 Å². The fraction of sp³-hybridized carbons (Fsp3) is 1.00. The number of unbranched alkanes of at least 4 members (excludes halogenated alkanes) is 2. The van der Waals surface area contributed by atoms with Crippen molar-refractivity contribution in [1.29, 1.82) is 0 Å². The molecule has 1 atom stereocenters. The molecule has 0 radical (unpaired) electrons. The summed E-state index contributed by atoms with van der Waals surface area (Å²) in [6.45, 7) is 8.95. The Hall–Kier alpha value is -0.0800. The molecule has 0 saturated heterocycles. The van der Waals surface area contributed by atoms with E-state index in [0.717, 1.165) is 19.0 Å². The smallest absolute Gasteiger partial charge is 0.0675 e. The van der Waals surface area contributed by atoms with Gasteiger partial charge in [-0.15, -0.1) is 0 Å². The Morgan fingerprint density at radius 1 is 1.18 bits per heavy atom. The second kappa shape index (κ2) is 8.93. The third-order valence-electron chi connectivity index (χ3n) is 3.78. The van der Waals surface area contributed by atoms with Crippen molar-refractivity contribution in [1.82, 2.24) is 5.32 Å². The van der Waals surface area contributed by atoms with Crippen LogP contribution in [0.2, 0.25) is 0 Å².